The van der Waals surface area contributed by atoms with Crippen LogP contribution in [0.15, 0.2) is 54.6 Å². The summed E-state index contributed by atoms with van der Waals surface area (Å²) in [4.78, 5) is 17.0. The van der Waals surface area contributed by atoms with E-state index in [9.17, 15) is 13.2 Å². The summed E-state index contributed by atoms with van der Waals surface area (Å²) in [6, 6.07) is 16.5. The first-order valence-corrected chi connectivity index (χ1v) is 11.8. The maximum atomic E-state index is 12.8. The third-order valence-electron chi connectivity index (χ3n) is 4.98. The largest absolute Gasteiger partial charge is 0.340 e. The van der Waals surface area contributed by atoms with Crippen molar-refractivity contribution in [3.8, 4) is 0 Å². The van der Waals surface area contributed by atoms with Crippen LogP contribution < -0.4 is 4.72 Å². The van der Waals surface area contributed by atoms with Gasteiger partial charge in [0, 0.05) is 44.2 Å². The molecule has 1 N–H and O–H groups in total. The van der Waals surface area contributed by atoms with Gasteiger partial charge in [0.15, 0.2) is 0 Å². The molecule has 156 valence electrons. The fraction of sp³-hybridized carbons (Fsp3) is 0.381. The number of amides is 1. The molecular formula is C21H26ClN3O3S. The first-order chi connectivity index (χ1) is 13.8. The van der Waals surface area contributed by atoms with E-state index in [-0.39, 0.29) is 12.3 Å². The first-order valence-electron chi connectivity index (χ1n) is 9.57. The van der Waals surface area contributed by atoms with Crippen LogP contribution in [0.25, 0.3) is 0 Å². The smallest absolute Gasteiger partial charge is 0.224 e. The van der Waals surface area contributed by atoms with E-state index < -0.39 is 16.1 Å². The van der Waals surface area contributed by atoms with Gasteiger partial charge >= 0.3 is 0 Å². The van der Waals surface area contributed by atoms with Gasteiger partial charge in [-0.05, 0) is 23.3 Å². The quantitative estimate of drug-likeness (QED) is 0.725. The molecule has 8 heteroatoms. The average molecular weight is 436 g/mol. The minimum atomic E-state index is -3.46. The number of carbonyl (C=O) groups excluding carboxylic acids is 1. The first kappa shape index (κ1) is 21.8. The number of benzene rings is 2. The lowest BCUT2D eigenvalue weighted by Crippen LogP contribution is -2.49. The zero-order valence-corrected chi connectivity index (χ0v) is 18.0. The van der Waals surface area contributed by atoms with E-state index in [4.69, 9.17) is 11.6 Å². The number of nitrogens with one attached hydrogen (secondary N) is 1. The molecular weight excluding hydrogens is 410 g/mol. The molecule has 0 aromatic heterocycles. The molecule has 1 atom stereocenters. The van der Waals surface area contributed by atoms with E-state index >= 15 is 0 Å². The number of sulfonamides is 1. The molecule has 0 unspecified atom stereocenters. The summed E-state index contributed by atoms with van der Waals surface area (Å²) in [6.45, 7) is 3.74. The predicted molar refractivity (Wildman–Crippen MR) is 115 cm³/mol. The number of nitrogens with zero attached hydrogens (tertiary/aromatic N) is 2. The SMILES string of the molecule is CS(=O)(=O)N[C@H](CC(=O)N1CCN(Cc2ccccc2)CC1)c1ccc(Cl)cc1. The molecule has 6 nitrogen and oxygen atoms in total. The molecule has 0 spiro atoms. The number of piperazine rings is 1. The third kappa shape index (κ3) is 6.82. The molecule has 1 fully saturated rings. The number of hydrogen-bond acceptors (Lipinski definition) is 4. The minimum Gasteiger partial charge on any atom is -0.340 e. The van der Waals surface area contributed by atoms with Crippen molar-refractivity contribution >= 4 is 27.5 Å². The zero-order valence-electron chi connectivity index (χ0n) is 16.4. The molecule has 2 aromatic rings. The molecule has 1 heterocycles. The van der Waals surface area contributed by atoms with Crippen LogP contribution in [0.4, 0.5) is 0 Å². The van der Waals surface area contributed by atoms with Crippen LogP contribution in [0.5, 0.6) is 0 Å². The second-order valence-corrected chi connectivity index (χ2v) is 9.56. The summed E-state index contributed by atoms with van der Waals surface area (Å²) < 4.78 is 26.1. The van der Waals surface area contributed by atoms with E-state index in [1.807, 2.05) is 23.1 Å². The Morgan fingerprint density at radius 3 is 2.24 bits per heavy atom. The number of halogens is 1. The Morgan fingerprint density at radius 2 is 1.66 bits per heavy atom. The summed E-state index contributed by atoms with van der Waals surface area (Å²) >= 11 is 5.93. The van der Waals surface area contributed by atoms with Crippen molar-refractivity contribution in [2.24, 2.45) is 0 Å². The van der Waals surface area contributed by atoms with Crippen molar-refractivity contribution in [1.29, 1.82) is 0 Å². The van der Waals surface area contributed by atoms with Crippen LogP contribution >= 0.6 is 11.6 Å². The van der Waals surface area contributed by atoms with Crippen molar-refractivity contribution in [3.63, 3.8) is 0 Å². The molecule has 3 rings (SSSR count). The van der Waals surface area contributed by atoms with Gasteiger partial charge in [-0.15, -0.1) is 0 Å². The summed E-state index contributed by atoms with van der Waals surface area (Å²) in [5, 5.41) is 0.563. The summed E-state index contributed by atoms with van der Waals surface area (Å²) in [7, 11) is -3.46. The van der Waals surface area contributed by atoms with Crippen molar-refractivity contribution < 1.29 is 13.2 Å². The molecule has 0 aliphatic carbocycles. The normalized spacial score (nSPS) is 16.6. The van der Waals surface area contributed by atoms with Gasteiger partial charge in [0.05, 0.1) is 12.3 Å². The van der Waals surface area contributed by atoms with Crippen molar-refractivity contribution in [2.75, 3.05) is 32.4 Å². The molecule has 0 saturated carbocycles. The van der Waals surface area contributed by atoms with Crippen molar-refractivity contribution in [3.05, 3.63) is 70.7 Å². The molecule has 1 amide bonds. The average Bonchev–Trinajstić information content (AvgIpc) is 2.68. The fourth-order valence-electron chi connectivity index (χ4n) is 3.48. The molecule has 0 bridgehead atoms. The Kier molecular flexibility index (Phi) is 7.29. The second-order valence-electron chi connectivity index (χ2n) is 7.34. The molecule has 0 radical (unpaired) electrons. The summed E-state index contributed by atoms with van der Waals surface area (Å²) in [5.41, 5.74) is 1.98. The van der Waals surface area contributed by atoms with Crippen molar-refractivity contribution in [1.82, 2.24) is 14.5 Å². The molecule has 1 aliphatic rings. The highest BCUT2D eigenvalue weighted by Gasteiger charge is 2.26. The standard InChI is InChI=1S/C21H26ClN3O3S/c1-29(27,28)23-20(18-7-9-19(22)10-8-18)15-21(26)25-13-11-24(12-14-25)16-17-5-3-2-4-6-17/h2-10,20,23H,11-16H2,1H3/t20-/m1/s1. The van der Waals surface area contributed by atoms with Crippen LogP contribution in [0, 0.1) is 0 Å². The van der Waals surface area contributed by atoms with Gasteiger partial charge in [0.1, 0.15) is 0 Å². The second kappa shape index (κ2) is 9.71. The number of rotatable bonds is 7. The fourth-order valence-corrected chi connectivity index (χ4v) is 4.34. The highest BCUT2D eigenvalue weighted by Crippen LogP contribution is 2.22. The lowest BCUT2D eigenvalue weighted by atomic mass is 10.0. The lowest BCUT2D eigenvalue weighted by Gasteiger charge is -2.35. The number of hydrogen-bond donors (Lipinski definition) is 1. The lowest BCUT2D eigenvalue weighted by molar-refractivity contribution is -0.133. The molecule has 1 aliphatic heterocycles. The van der Waals surface area contributed by atoms with Gasteiger partial charge in [-0.25, -0.2) is 13.1 Å². The van der Waals surface area contributed by atoms with Crippen LogP contribution in [-0.4, -0.2) is 56.6 Å². The van der Waals surface area contributed by atoms with Gasteiger partial charge in [-0.1, -0.05) is 54.1 Å². The topological polar surface area (TPSA) is 69.7 Å². The highest BCUT2D eigenvalue weighted by atomic mass is 35.5. The van der Waals surface area contributed by atoms with Gasteiger partial charge < -0.3 is 4.90 Å². The number of carbonyl (C=O) groups is 1. The predicted octanol–water partition coefficient (Wildman–Crippen LogP) is 2.66. The highest BCUT2D eigenvalue weighted by molar-refractivity contribution is 7.88. The Bertz CT molecular complexity index is 912. The van der Waals surface area contributed by atoms with E-state index in [0.717, 1.165) is 31.5 Å². The van der Waals surface area contributed by atoms with Crippen LogP contribution in [0.1, 0.15) is 23.6 Å². The van der Waals surface area contributed by atoms with Gasteiger partial charge in [0.25, 0.3) is 0 Å². The third-order valence-corrected chi connectivity index (χ3v) is 5.95. The van der Waals surface area contributed by atoms with Gasteiger partial charge in [-0.3, -0.25) is 9.69 Å². The maximum absolute atomic E-state index is 12.8. The molecule has 2 aromatic carbocycles. The van der Waals surface area contributed by atoms with Crippen LogP contribution in [0.3, 0.4) is 0 Å². The van der Waals surface area contributed by atoms with E-state index in [0.29, 0.717) is 18.1 Å². The zero-order chi connectivity index (χ0) is 20.9. The Labute approximate surface area is 177 Å². The van der Waals surface area contributed by atoms with Crippen molar-refractivity contribution in [2.45, 2.75) is 19.0 Å². The van der Waals surface area contributed by atoms with Gasteiger partial charge in [-0.2, -0.15) is 0 Å². The molecule has 29 heavy (non-hydrogen) atoms. The van der Waals surface area contributed by atoms with E-state index in [2.05, 4.69) is 21.8 Å². The molecule has 1 saturated heterocycles. The monoisotopic (exact) mass is 435 g/mol. The Morgan fingerprint density at radius 1 is 1.03 bits per heavy atom. The van der Waals surface area contributed by atoms with Crippen LogP contribution in [-0.2, 0) is 21.4 Å². The summed E-state index contributed by atoms with van der Waals surface area (Å²) in [6.07, 6.45) is 1.18. The van der Waals surface area contributed by atoms with E-state index in [1.54, 1.807) is 24.3 Å². The maximum Gasteiger partial charge on any atom is 0.224 e. The van der Waals surface area contributed by atoms with Gasteiger partial charge in [0.2, 0.25) is 15.9 Å². The Balaban J connectivity index is 1.59. The summed E-state index contributed by atoms with van der Waals surface area (Å²) in [5.74, 6) is -0.0551. The Hall–Kier alpha value is -1.93. The minimum absolute atomic E-state index is 0.0551. The van der Waals surface area contributed by atoms with E-state index in [1.165, 1.54) is 5.56 Å². The van der Waals surface area contributed by atoms with Crippen LogP contribution in [0.2, 0.25) is 5.02 Å².